The minimum absolute atomic E-state index is 0.0140. The second kappa shape index (κ2) is 7.55. The number of alkyl halides is 7. The Bertz CT molecular complexity index is 640. The van der Waals surface area contributed by atoms with Crippen molar-refractivity contribution >= 4 is 23.3 Å². The third-order valence-electron chi connectivity index (χ3n) is 2.97. The van der Waals surface area contributed by atoms with E-state index in [-0.39, 0.29) is 18.4 Å². The highest BCUT2D eigenvalue weighted by Gasteiger charge is 2.72. The summed E-state index contributed by atoms with van der Waals surface area (Å²) in [4.78, 5) is 11.4. The lowest BCUT2D eigenvalue weighted by Gasteiger charge is -2.31. The number of rotatable bonds is 7. The summed E-state index contributed by atoms with van der Waals surface area (Å²) in [5.41, 5.74) is -1.18. The Hall–Kier alpha value is -1.90. The van der Waals surface area contributed by atoms with Crippen molar-refractivity contribution in [2.24, 2.45) is 0 Å². The van der Waals surface area contributed by atoms with Crippen LogP contribution in [0.5, 0.6) is 0 Å². The van der Waals surface area contributed by atoms with Gasteiger partial charge in [0.05, 0.1) is 12.3 Å². The van der Waals surface area contributed by atoms with Crippen molar-refractivity contribution < 1.29 is 35.9 Å². The van der Waals surface area contributed by atoms with E-state index in [4.69, 9.17) is 0 Å². The normalized spacial score (nSPS) is 13.6. The second-order valence-electron chi connectivity index (χ2n) is 4.95. The van der Waals surface area contributed by atoms with Gasteiger partial charge in [-0.1, -0.05) is 17.7 Å². The van der Waals surface area contributed by atoms with Gasteiger partial charge in [0.15, 0.2) is 0 Å². The molecule has 1 rings (SSSR count). The van der Waals surface area contributed by atoms with Crippen LogP contribution in [0.2, 0.25) is 0 Å². The summed E-state index contributed by atoms with van der Waals surface area (Å²) in [6.07, 6.45) is -0.0140. The molecule has 0 amide bonds. The number of halogens is 7. The Balaban J connectivity index is 3.35. The zero-order chi connectivity index (χ0) is 19.5. The molecular weight excluding hydrogens is 376 g/mol. The molecule has 0 fully saturated rings. The largest absolute Gasteiger partial charge is 0.463 e. The Morgan fingerprint density at radius 3 is 2.12 bits per heavy atom. The highest BCUT2D eigenvalue weighted by molar-refractivity contribution is 6.22. The summed E-state index contributed by atoms with van der Waals surface area (Å²) in [6, 6.07) is 5.39. The highest BCUT2D eigenvalue weighted by Crippen LogP contribution is 2.50. The number of allylic oxidation sites excluding steroid dienone is 1. The third kappa shape index (κ3) is 4.81. The van der Waals surface area contributed by atoms with E-state index < -0.39 is 28.9 Å². The maximum atomic E-state index is 14.1. The third-order valence-corrected chi connectivity index (χ3v) is 3.21. The van der Waals surface area contributed by atoms with Gasteiger partial charge in [0, 0.05) is 11.8 Å². The van der Waals surface area contributed by atoms with Crippen LogP contribution in [0.1, 0.15) is 12.5 Å². The van der Waals surface area contributed by atoms with E-state index in [1.54, 1.807) is 6.92 Å². The van der Waals surface area contributed by atoms with E-state index in [9.17, 15) is 31.1 Å². The number of carbonyl (C=O) groups is 1. The number of hydrogen-bond acceptors (Lipinski definition) is 3. The number of carbonyl (C=O) groups excluding carboxylic acids is 1. The number of nitrogens with one attached hydrogen (secondary N) is 1. The van der Waals surface area contributed by atoms with Gasteiger partial charge in [-0.05, 0) is 37.6 Å². The fraction of sp³-hybridized carbons (Fsp3) is 0.400. The molecule has 140 valence electrons. The molecule has 0 unspecified atom stereocenters. The fourth-order valence-corrected chi connectivity index (χ4v) is 1.77. The lowest BCUT2D eigenvalue weighted by Crippen LogP contribution is -2.53. The number of ether oxygens (including phenoxy) is 1. The number of hydrogen-bond donors (Lipinski definition) is 1. The molecule has 25 heavy (non-hydrogen) atoms. The van der Waals surface area contributed by atoms with Crippen LogP contribution < -0.4 is 5.32 Å². The van der Waals surface area contributed by atoms with Gasteiger partial charge in [0.2, 0.25) is 0 Å². The van der Waals surface area contributed by atoms with Crippen LogP contribution in [0.4, 0.5) is 32.0 Å². The molecule has 0 saturated heterocycles. The van der Waals surface area contributed by atoms with Gasteiger partial charge in [-0.15, -0.1) is 0 Å². The summed E-state index contributed by atoms with van der Waals surface area (Å²) in [5.74, 6) is -12.9. The summed E-state index contributed by atoms with van der Waals surface area (Å²) >= 11 is 4.14. The van der Waals surface area contributed by atoms with Gasteiger partial charge in [0.1, 0.15) is 0 Å². The molecule has 3 nitrogen and oxygen atoms in total. The lowest BCUT2D eigenvalue weighted by atomic mass is 10.1. The maximum absolute atomic E-state index is 14.1. The van der Waals surface area contributed by atoms with Crippen molar-refractivity contribution in [2.45, 2.75) is 31.1 Å². The van der Waals surface area contributed by atoms with Gasteiger partial charge in [-0.3, -0.25) is 0 Å². The van der Waals surface area contributed by atoms with Gasteiger partial charge in [0.25, 0.3) is 0 Å². The molecule has 0 aliphatic rings. The van der Waals surface area contributed by atoms with Crippen molar-refractivity contribution in [3.8, 4) is 0 Å². The van der Waals surface area contributed by atoms with Crippen molar-refractivity contribution in [3.05, 3.63) is 41.6 Å². The minimum Gasteiger partial charge on any atom is -0.463 e. The second-order valence-corrected chi connectivity index (χ2v) is 5.42. The molecule has 1 aromatic carbocycles. The Morgan fingerprint density at radius 1 is 1.16 bits per heavy atom. The SMILES string of the molecule is CCOC(=O)/C=C(\Nc1ccc(C)cc1)C(F)(F)C(F)(F)C(F)(F)Cl. The summed E-state index contributed by atoms with van der Waals surface area (Å²) in [7, 11) is 0. The first-order valence-electron chi connectivity index (χ1n) is 6.88. The average Bonchev–Trinajstić information content (AvgIpc) is 2.47. The first-order chi connectivity index (χ1) is 11.3. The fourth-order valence-electron chi connectivity index (χ4n) is 1.65. The predicted molar refractivity (Wildman–Crippen MR) is 80.2 cm³/mol. The summed E-state index contributed by atoms with van der Waals surface area (Å²) in [6.45, 7) is 2.79. The summed E-state index contributed by atoms with van der Waals surface area (Å²) < 4.78 is 85.1. The van der Waals surface area contributed by atoms with Crippen LogP contribution in [0, 0.1) is 6.92 Å². The van der Waals surface area contributed by atoms with E-state index in [1.165, 1.54) is 31.2 Å². The zero-order valence-electron chi connectivity index (χ0n) is 13.1. The highest BCUT2D eigenvalue weighted by atomic mass is 35.5. The van der Waals surface area contributed by atoms with Crippen LogP contribution in [0.15, 0.2) is 36.0 Å². The zero-order valence-corrected chi connectivity index (χ0v) is 13.8. The molecule has 0 aromatic heterocycles. The number of benzene rings is 1. The van der Waals surface area contributed by atoms with E-state index in [0.29, 0.717) is 0 Å². The number of esters is 1. The molecule has 0 bridgehead atoms. The molecule has 0 atom stereocenters. The topological polar surface area (TPSA) is 38.3 Å². The molecule has 10 heteroatoms. The molecule has 0 spiro atoms. The van der Waals surface area contributed by atoms with Gasteiger partial charge < -0.3 is 10.1 Å². The smallest absolute Gasteiger partial charge is 0.392 e. The van der Waals surface area contributed by atoms with E-state index in [1.807, 2.05) is 5.32 Å². The molecular formula is C15H14ClF6NO2. The number of aryl methyl sites for hydroxylation is 1. The van der Waals surface area contributed by atoms with Gasteiger partial charge >= 0.3 is 23.2 Å². The van der Waals surface area contributed by atoms with Gasteiger partial charge in [-0.2, -0.15) is 26.3 Å². The molecule has 0 aliphatic heterocycles. The van der Waals surface area contributed by atoms with E-state index in [0.717, 1.165) is 5.56 Å². The van der Waals surface area contributed by atoms with Gasteiger partial charge in [-0.25, -0.2) is 4.79 Å². The molecule has 0 saturated carbocycles. The van der Waals surface area contributed by atoms with Crippen LogP contribution in [0.25, 0.3) is 0 Å². The minimum atomic E-state index is -5.97. The van der Waals surface area contributed by atoms with Crippen molar-refractivity contribution in [1.29, 1.82) is 0 Å². The van der Waals surface area contributed by atoms with Crippen molar-refractivity contribution in [1.82, 2.24) is 0 Å². The molecule has 0 aliphatic carbocycles. The van der Waals surface area contributed by atoms with Crippen molar-refractivity contribution in [2.75, 3.05) is 11.9 Å². The molecule has 1 aromatic rings. The Labute approximate surface area is 144 Å². The van der Waals surface area contributed by atoms with Crippen LogP contribution in [-0.2, 0) is 9.53 Å². The quantitative estimate of drug-likeness (QED) is 0.310. The average molecular weight is 390 g/mol. The van der Waals surface area contributed by atoms with E-state index >= 15 is 0 Å². The van der Waals surface area contributed by atoms with Crippen LogP contribution >= 0.6 is 11.6 Å². The summed E-state index contributed by atoms with van der Waals surface area (Å²) in [5, 5.41) is -3.70. The first kappa shape index (κ1) is 21.1. The number of anilines is 1. The Morgan fingerprint density at radius 2 is 1.68 bits per heavy atom. The van der Waals surface area contributed by atoms with Crippen LogP contribution in [0.3, 0.4) is 0 Å². The first-order valence-corrected chi connectivity index (χ1v) is 7.25. The molecule has 0 heterocycles. The Kier molecular flexibility index (Phi) is 6.39. The standard InChI is InChI=1S/C15H14ClF6NO2/c1-3-25-12(24)8-11(23-10-6-4-9(2)5-7-10)13(17,18)14(19,20)15(16,21)22/h4-8,23H,3H2,1-2H3/b11-8-. The van der Waals surface area contributed by atoms with Crippen LogP contribution in [-0.4, -0.2) is 29.8 Å². The molecule has 1 N–H and O–H groups in total. The van der Waals surface area contributed by atoms with Crippen molar-refractivity contribution in [3.63, 3.8) is 0 Å². The predicted octanol–water partition coefficient (Wildman–Crippen LogP) is 4.96. The van der Waals surface area contributed by atoms with E-state index in [2.05, 4.69) is 16.3 Å². The maximum Gasteiger partial charge on any atom is 0.392 e. The monoisotopic (exact) mass is 389 g/mol. The lowest BCUT2D eigenvalue weighted by molar-refractivity contribution is -0.263. The molecule has 0 radical (unpaired) electrons.